The third kappa shape index (κ3) is 3.19. The quantitative estimate of drug-likeness (QED) is 0.819. The SMILES string of the molecule is CC[C@H](C)Nc1ccc(C(=O)N2CCCC2)cc1N. The van der Waals surface area contributed by atoms with E-state index in [1.165, 1.54) is 0 Å². The Balaban J connectivity index is 2.11. The molecule has 1 heterocycles. The summed E-state index contributed by atoms with van der Waals surface area (Å²) < 4.78 is 0. The van der Waals surface area contributed by atoms with Crippen molar-refractivity contribution in [2.75, 3.05) is 24.1 Å². The van der Waals surface area contributed by atoms with Crippen LogP contribution in [-0.4, -0.2) is 29.9 Å². The standard InChI is InChI=1S/C15H23N3O/c1-3-11(2)17-14-7-6-12(10-13(14)16)15(19)18-8-4-5-9-18/h6-7,10-11,17H,3-5,8-9,16H2,1-2H3/t11-/m0/s1. The van der Waals surface area contributed by atoms with Gasteiger partial charge >= 0.3 is 0 Å². The van der Waals surface area contributed by atoms with Gasteiger partial charge in [0.15, 0.2) is 0 Å². The fraction of sp³-hybridized carbons (Fsp3) is 0.533. The molecule has 2 rings (SSSR count). The summed E-state index contributed by atoms with van der Waals surface area (Å²) in [5.74, 6) is 0.0966. The Morgan fingerprint density at radius 1 is 1.42 bits per heavy atom. The Morgan fingerprint density at radius 2 is 2.11 bits per heavy atom. The summed E-state index contributed by atoms with van der Waals surface area (Å²) in [4.78, 5) is 14.1. The van der Waals surface area contributed by atoms with Gasteiger partial charge in [-0.3, -0.25) is 4.79 Å². The molecule has 1 fully saturated rings. The Kier molecular flexibility index (Phi) is 4.30. The Bertz CT molecular complexity index is 453. The van der Waals surface area contributed by atoms with Crippen LogP contribution in [0.4, 0.5) is 11.4 Å². The lowest BCUT2D eigenvalue weighted by Gasteiger charge is -2.18. The minimum atomic E-state index is 0.0966. The van der Waals surface area contributed by atoms with Gasteiger partial charge in [0.05, 0.1) is 11.4 Å². The molecule has 1 amide bonds. The normalized spacial score (nSPS) is 16.4. The Labute approximate surface area is 115 Å². The number of likely N-dealkylation sites (tertiary alicyclic amines) is 1. The molecule has 1 aliphatic rings. The van der Waals surface area contributed by atoms with Crippen molar-refractivity contribution in [3.63, 3.8) is 0 Å². The highest BCUT2D eigenvalue weighted by Gasteiger charge is 2.19. The van der Waals surface area contributed by atoms with Crippen molar-refractivity contribution in [1.82, 2.24) is 4.90 Å². The molecule has 0 aliphatic carbocycles. The second-order valence-corrected chi connectivity index (χ2v) is 5.25. The molecular formula is C15H23N3O. The lowest BCUT2D eigenvalue weighted by Crippen LogP contribution is -2.27. The number of amides is 1. The molecule has 1 atom stereocenters. The average molecular weight is 261 g/mol. The van der Waals surface area contributed by atoms with Crippen molar-refractivity contribution >= 4 is 17.3 Å². The van der Waals surface area contributed by atoms with Crippen molar-refractivity contribution in [3.05, 3.63) is 23.8 Å². The van der Waals surface area contributed by atoms with E-state index in [2.05, 4.69) is 19.2 Å². The van der Waals surface area contributed by atoms with Gasteiger partial charge in [-0.25, -0.2) is 0 Å². The number of hydrogen-bond donors (Lipinski definition) is 2. The van der Waals surface area contributed by atoms with Gasteiger partial charge in [-0.1, -0.05) is 6.92 Å². The maximum absolute atomic E-state index is 12.2. The van der Waals surface area contributed by atoms with E-state index in [0.717, 1.165) is 38.0 Å². The first-order valence-corrected chi connectivity index (χ1v) is 7.07. The van der Waals surface area contributed by atoms with Crippen LogP contribution in [0.25, 0.3) is 0 Å². The average Bonchev–Trinajstić information content (AvgIpc) is 2.94. The molecule has 4 nitrogen and oxygen atoms in total. The van der Waals surface area contributed by atoms with Crippen molar-refractivity contribution in [3.8, 4) is 0 Å². The summed E-state index contributed by atoms with van der Waals surface area (Å²) in [5, 5.41) is 3.35. The molecule has 1 aromatic rings. The summed E-state index contributed by atoms with van der Waals surface area (Å²) in [7, 11) is 0. The van der Waals surface area contributed by atoms with Gasteiger partial charge in [-0.05, 0) is 44.4 Å². The first-order chi connectivity index (χ1) is 9.11. The summed E-state index contributed by atoms with van der Waals surface area (Å²) in [5.41, 5.74) is 8.27. The third-order valence-electron chi connectivity index (χ3n) is 3.71. The molecule has 0 radical (unpaired) electrons. The number of rotatable bonds is 4. The highest BCUT2D eigenvalue weighted by molar-refractivity contribution is 5.96. The van der Waals surface area contributed by atoms with Gasteiger partial charge in [0.1, 0.15) is 0 Å². The van der Waals surface area contributed by atoms with Crippen molar-refractivity contribution in [2.24, 2.45) is 0 Å². The van der Waals surface area contributed by atoms with Crippen LogP contribution in [0.5, 0.6) is 0 Å². The van der Waals surface area contributed by atoms with Gasteiger partial charge in [0, 0.05) is 24.7 Å². The highest BCUT2D eigenvalue weighted by atomic mass is 16.2. The molecule has 0 bridgehead atoms. The van der Waals surface area contributed by atoms with Crippen LogP contribution >= 0.6 is 0 Å². The summed E-state index contributed by atoms with van der Waals surface area (Å²) in [6.45, 7) is 5.97. The Morgan fingerprint density at radius 3 is 2.68 bits per heavy atom. The first-order valence-electron chi connectivity index (χ1n) is 7.07. The molecule has 0 unspecified atom stereocenters. The van der Waals surface area contributed by atoms with E-state index in [1.54, 1.807) is 6.07 Å². The van der Waals surface area contributed by atoms with E-state index in [1.807, 2.05) is 17.0 Å². The number of carbonyl (C=O) groups excluding carboxylic acids is 1. The maximum Gasteiger partial charge on any atom is 0.253 e. The fourth-order valence-corrected chi connectivity index (χ4v) is 2.30. The van der Waals surface area contributed by atoms with E-state index in [0.29, 0.717) is 17.3 Å². The van der Waals surface area contributed by atoms with Crippen LogP contribution in [0.1, 0.15) is 43.5 Å². The predicted octanol–water partition coefficient (Wildman–Crippen LogP) is 2.72. The van der Waals surface area contributed by atoms with E-state index >= 15 is 0 Å². The number of hydrogen-bond acceptors (Lipinski definition) is 3. The number of nitrogens with two attached hydrogens (primary N) is 1. The van der Waals surface area contributed by atoms with Gasteiger partial charge in [-0.2, -0.15) is 0 Å². The van der Waals surface area contributed by atoms with Gasteiger partial charge in [-0.15, -0.1) is 0 Å². The molecule has 4 heteroatoms. The van der Waals surface area contributed by atoms with Gasteiger partial charge < -0.3 is 16.0 Å². The lowest BCUT2D eigenvalue weighted by molar-refractivity contribution is 0.0793. The molecule has 1 saturated heterocycles. The largest absolute Gasteiger partial charge is 0.397 e. The highest BCUT2D eigenvalue weighted by Crippen LogP contribution is 2.23. The van der Waals surface area contributed by atoms with E-state index in [-0.39, 0.29) is 5.91 Å². The van der Waals surface area contributed by atoms with Crippen molar-refractivity contribution < 1.29 is 4.79 Å². The molecule has 0 spiro atoms. The zero-order valence-corrected chi connectivity index (χ0v) is 11.8. The number of carbonyl (C=O) groups is 1. The molecule has 3 N–H and O–H groups in total. The zero-order valence-electron chi connectivity index (χ0n) is 11.8. The first kappa shape index (κ1) is 13.7. The zero-order chi connectivity index (χ0) is 13.8. The molecular weight excluding hydrogens is 238 g/mol. The molecule has 1 aromatic carbocycles. The van der Waals surface area contributed by atoms with Crippen LogP contribution in [0.3, 0.4) is 0 Å². The minimum absolute atomic E-state index is 0.0966. The minimum Gasteiger partial charge on any atom is -0.397 e. The topological polar surface area (TPSA) is 58.4 Å². The number of nitrogens with zero attached hydrogens (tertiary/aromatic N) is 1. The molecule has 0 aromatic heterocycles. The van der Waals surface area contributed by atoms with Crippen molar-refractivity contribution in [2.45, 2.75) is 39.2 Å². The number of nitrogen functional groups attached to an aromatic ring is 1. The van der Waals surface area contributed by atoms with Gasteiger partial charge in [0.25, 0.3) is 5.91 Å². The number of anilines is 2. The van der Waals surface area contributed by atoms with E-state index < -0.39 is 0 Å². The smallest absolute Gasteiger partial charge is 0.253 e. The second kappa shape index (κ2) is 5.95. The third-order valence-corrected chi connectivity index (χ3v) is 3.71. The molecule has 19 heavy (non-hydrogen) atoms. The fourth-order valence-electron chi connectivity index (χ4n) is 2.30. The number of benzene rings is 1. The van der Waals surface area contributed by atoms with Crippen LogP contribution in [0.15, 0.2) is 18.2 Å². The van der Waals surface area contributed by atoms with Gasteiger partial charge in [0.2, 0.25) is 0 Å². The summed E-state index contributed by atoms with van der Waals surface area (Å²) in [6, 6.07) is 5.93. The molecule has 0 saturated carbocycles. The summed E-state index contributed by atoms with van der Waals surface area (Å²) >= 11 is 0. The van der Waals surface area contributed by atoms with Crippen LogP contribution in [0, 0.1) is 0 Å². The second-order valence-electron chi connectivity index (χ2n) is 5.25. The summed E-state index contributed by atoms with van der Waals surface area (Å²) in [6.07, 6.45) is 3.25. The number of nitrogens with one attached hydrogen (secondary N) is 1. The lowest BCUT2D eigenvalue weighted by atomic mass is 10.1. The monoisotopic (exact) mass is 261 g/mol. The Hall–Kier alpha value is -1.71. The molecule has 104 valence electrons. The van der Waals surface area contributed by atoms with Crippen molar-refractivity contribution in [1.29, 1.82) is 0 Å². The van der Waals surface area contributed by atoms with Crippen LogP contribution in [0.2, 0.25) is 0 Å². The van der Waals surface area contributed by atoms with E-state index in [9.17, 15) is 4.79 Å². The molecule has 1 aliphatic heterocycles. The van der Waals surface area contributed by atoms with E-state index in [4.69, 9.17) is 5.73 Å². The van der Waals surface area contributed by atoms with Crippen LogP contribution in [-0.2, 0) is 0 Å². The maximum atomic E-state index is 12.2. The van der Waals surface area contributed by atoms with Crippen LogP contribution < -0.4 is 11.1 Å². The predicted molar refractivity (Wildman–Crippen MR) is 79.4 cm³/mol.